The summed E-state index contributed by atoms with van der Waals surface area (Å²) >= 11 is 0. The number of piperidine rings is 1. The number of nitro groups is 1. The van der Waals surface area contributed by atoms with E-state index in [-0.39, 0.29) is 10.6 Å². The van der Waals surface area contributed by atoms with Crippen LogP contribution in [-0.2, 0) is 13.0 Å². The highest BCUT2D eigenvalue weighted by Crippen LogP contribution is 2.17. The first kappa shape index (κ1) is 15.7. The number of nitrogens with one attached hydrogen (secondary N) is 1. The molecule has 1 saturated heterocycles. The number of hydrogen-bond acceptors (Lipinski definition) is 2. The molecule has 0 saturated carbocycles. The van der Waals surface area contributed by atoms with Gasteiger partial charge in [-0.1, -0.05) is 30.3 Å². The zero-order valence-electron chi connectivity index (χ0n) is 13.3. The number of rotatable bonds is 5. The van der Waals surface area contributed by atoms with E-state index < -0.39 is 0 Å². The van der Waals surface area contributed by atoms with E-state index in [1.54, 1.807) is 17.0 Å². The van der Waals surface area contributed by atoms with Crippen LogP contribution in [0.5, 0.6) is 0 Å². The van der Waals surface area contributed by atoms with Crippen molar-refractivity contribution >= 4 is 5.69 Å². The number of quaternary nitrogens is 1. The van der Waals surface area contributed by atoms with Crippen LogP contribution in [0.1, 0.15) is 24.0 Å². The van der Waals surface area contributed by atoms with Crippen LogP contribution in [0.4, 0.5) is 5.69 Å². The Morgan fingerprint density at radius 2 is 1.61 bits per heavy atom. The predicted molar refractivity (Wildman–Crippen MR) is 90.4 cm³/mol. The van der Waals surface area contributed by atoms with Crippen molar-refractivity contribution in [1.29, 1.82) is 0 Å². The average molecular weight is 311 g/mol. The van der Waals surface area contributed by atoms with Crippen molar-refractivity contribution in [3.63, 3.8) is 0 Å². The molecule has 0 radical (unpaired) electrons. The molecular weight excluding hydrogens is 288 g/mol. The van der Waals surface area contributed by atoms with Gasteiger partial charge in [-0.2, -0.15) is 0 Å². The van der Waals surface area contributed by atoms with E-state index >= 15 is 0 Å². The number of benzene rings is 2. The lowest BCUT2D eigenvalue weighted by Gasteiger charge is -2.29. The standard InChI is InChI=1S/C19H22N2O2/c22-21(23)19-8-6-18(7-9-19)15-20-12-10-17(11-13-20)14-16-4-2-1-3-5-16/h1-9,17H,10-15H2/p+1. The summed E-state index contributed by atoms with van der Waals surface area (Å²) in [7, 11) is 0. The highest BCUT2D eigenvalue weighted by atomic mass is 16.6. The Kier molecular flexibility index (Phi) is 5.03. The smallest absolute Gasteiger partial charge is 0.269 e. The van der Waals surface area contributed by atoms with Gasteiger partial charge in [0.25, 0.3) is 5.69 Å². The normalized spacial score (nSPS) is 21.0. The minimum atomic E-state index is -0.342. The predicted octanol–water partition coefficient (Wildman–Crippen LogP) is 2.63. The fourth-order valence-electron chi connectivity index (χ4n) is 3.44. The van der Waals surface area contributed by atoms with Crippen molar-refractivity contribution in [1.82, 2.24) is 0 Å². The van der Waals surface area contributed by atoms with Gasteiger partial charge in [0.05, 0.1) is 18.0 Å². The molecule has 0 atom stereocenters. The fraction of sp³-hybridized carbons (Fsp3) is 0.368. The molecule has 3 rings (SSSR count). The van der Waals surface area contributed by atoms with Gasteiger partial charge in [-0.25, -0.2) is 0 Å². The molecule has 2 aromatic carbocycles. The molecule has 0 aliphatic carbocycles. The molecule has 1 aliphatic rings. The molecule has 2 aromatic rings. The molecule has 1 N–H and O–H groups in total. The van der Waals surface area contributed by atoms with Gasteiger partial charge in [0.1, 0.15) is 6.54 Å². The van der Waals surface area contributed by atoms with Crippen LogP contribution in [0.3, 0.4) is 0 Å². The molecule has 4 heteroatoms. The lowest BCUT2D eigenvalue weighted by molar-refractivity contribution is -0.919. The van der Waals surface area contributed by atoms with Crippen LogP contribution in [0, 0.1) is 16.0 Å². The fourth-order valence-corrected chi connectivity index (χ4v) is 3.44. The summed E-state index contributed by atoms with van der Waals surface area (Å²) in [4.78, 5) is 11.9. The molecule has 0 amide bonds. The van der Waals surface area contributed by atoms with Gasteiger partial charge in [-0.05, 0) is 42.9 Å². The minimum absolute atomic E-state index is 0.172. The summed E-state index contributed by atoms with van der Waals surface area (Å²) in [5.74, 6) is 0.790. The second-order valence-electron chi connectivity index (χ2n) is 6.48. The van der Waals surface area contributed by atoms with Gasteiger partial charge >= 0.3 is 0 Å². The molecule has 23 heavy (non-hydrogen) atoms. The molecule has 1 fully saturated rings. The van der Waals surface area contributed by atoms with Gasteiger partial charge in [-0.15, -0.1) is 0 Å². The summed E-state index contributed by atoms with van der Waals surface area (Å²) in [5, 5.41) is 10.7. The first-order chi connectivity index (χ1) is 11.2. The Balaban J connectivity index is 1.48. The molecular formula is C19H23N2O2+. The maximum atomic E-state index is 10.7. The zero-order valence-corrected chi connectivity index (χ0v) is 13.3. The third-order valence-electron chi connectivity index (χ3n) is 4.78. The zero-order chi connectivity index (χ0) is 16.1. The molecule has 0 aromatic heterocycles. The van der Waals surface area contributed by atoms with Crippen molar-refractivity contribution in [3.05, 3.63) is 75.8 Å². The largest absolute Gasteiger partial charge is 0.331 e. The second kappa shape index (κ2) is 7.38. The average Bonchev–Trinajstić information content (AvgIpc) is 2.58. The monoisotopic (exact) mass is 311 g/mol. The molecule has 0 spiro atoms. The number of likely N-dealkylation sites (tertiary alicyclic amines) is 1. The minimum Gasteiger partial charge on any atom is -0.331 e. The Morgan fingerprint density at radius 1 is 0.957 bits per heavy atom. The molecule has 120 valence electrons. The third-order valence-corrected chi connectivity index (χ3v) is 4.78. The van der Waals surface area contributed by atoms with E-state index in [0.717, 1.165) is 12.5 Å². The van der Waals surface area contributed by atoms with Crippen molar-refractivity contribution in [2.24, 2.45) is 5.92 Å². The van der Waals surface area contributed by atoms with E-state index in [9.17, 15) is 10.1 Å². The van der Waals surface area contributed by atoms with Crippen LogP contribution in [0.2, 0.25) is 0 Å². The molecule has 0 unspecified atom stereocenters. The van der Waals surface area contributed by atoms with E-state index in [0.29, 0.717) is 0 Å². The SMILES string of the molecule is O=[N+]([O-])c1ccc(C[NH+]2CCC(Cc3ccccc3)CC2)cc1. The van der Waals surface area contributed by atoms with Gasteiger partial charge in [0, 0.05) is 17.7 Å². The van der Waals surface area contributed by atoms with E-state index in [1.165, 1.54) is 43.5 Å². The van der Waals surface area contributed by atoms with Crippen LogP contribution in [0.25, 0.3) is 0 Å². The Labute approximate surface area is 136 Å². The quantitative estimate of drug-likeness (QED) is 0.681. The van der Waals surface area contributed by atoms with Crippen LogP contribution < -0.4 is 4.90 Å². The first-order valence-corrected chi connectivity index (χ1v) is 8.31. The second-order valence-corrected chi connectivity index (χ2v) is 6.48. The molecule has 1 aliphatic heterocycles. The molecule has 4 nitrogen and oxygen atoms in total. The summed E-state index contributed by atoms with van der Waals surface area (Å²) in [6, 6.07) is 17.7. The topological polar surface area (TPSA) is 47.6 Å². The highest BCUT2D eigenvalue weighted by molar-refractivity contribution is 5.32. The maximum Gasteiger partial charge on any atom is 0.269 e. The number of nitro benzene ring substituents is 1. The van der Waals surface area contributed by atoms with Gasteiger partial charge in [-0.3, -0.25) is 10.1 Å². The van der Waals surface area contributed by atoms with Crippen molar-refractivity contribution < 1.29 is 9.82 Å². The lowest BCUT2D eigenvalue weighted by Crippen LogP contribution is -3.11. The molecule has 1 heterocycles. The Hall–Kier alpha value is -2.20. The van der Waals surface area contributed by atoms with E-state index in [4.69, 9.17) is 0 Å². The summed E-state index contributed by atoms with van der Waals surface area (Å²) in [6.45, 7) is 3.35. The van der Waals surface area contributed by atoms with Crippen LogP contribution in [-0.4, -0.2) is 18.0 Å². The van der Waals surface area contributed by atoms with E-state index in [2.05, 4.69) is 30.3 Å². The van der Waals surface area contributed by atoms with Crippen molar-refractivity contribution in [2.75, 3.05) is 13.1 Å². The molecule has 0 bridgehead atoms. The third kappa shape index (κ3) is 4.39. The van der Waals surface area contributed by atoms with E-state index in [1.807, 2.05) is 12.1 Å². The van der Waals surface area contributed by atoms with Gasteiger partial charge < -0.3 is 4.90 Å². The number of nitrogens with zero attached hydrogens (tertiary/aromatic N) is 1. The van der Waals surface area contributed by atoms with Crippen molar-refractivity contribution in [2.45, 2.75) is 25.8 Å². The maximum absolute atomic E-state index is 10.7. The summed E-state index contributed by atoms with van der Waals surface area (Å²) in [6.07, 6.45) is 3.71. The Bertz CT molecular complexity index is 632. The summed E-state index contributed by atoms with van der Waals surface area (Å²) < 4.78 is 0. The Morgan fingerprint density at radius 3 is 2.22 bits per heavy atom. The van der Waals surface area contributed by atoms with Gasteiger partial charge in [0.2, 0.25) is 0 Å². The highest BCUT2D eigenvalue weighted by Gasteiger charge is 2.22. The lowest BCUT2D eigenvalue weighted by atomic mass is 9.90. The van der Waals surface area contributed by atoms with Crippen molar-refractivity contribution in [3.8, 4) is 0 Å². The number of hydrogen-bond donors (Lipinski definition) is 1. The van der Waals surface area contributed by atoms with Crippen LogP contribution >= 0.6 is 0 Å². The first-order valence-electron chi connectivity index (χ1n) is 8.31. The number of non-ortho nitro benzene ring substituents is 1. The van der Waals surface area contributed by atoms with Crippen LogP contribution in [0.15, 0.2) is 54.6 Å². The summed E-state index contributed by atoms with van der Waals surface area (Å²) in [5.41, 5.74) is 2.80. The van der Waals surface area contributed by atoms with Gasteiger partial charge in [0.15, 0.2) is 0 Å².